The molecule has 0 bridgehead atoms. The molecule has 3 heterocycles. The Morgan fingerprint density at radius 2 is 1.81 bits per heavy atom. The normalized spacial score (nSPS) is 22.3. The van der Waals surface area contributed by atoms with Crippen LogP contribution in [-0.4, -0.2) is 133 Å². The molecule has 2 fully saturated rings. The molecule has 1 aromatic rings. The van der Waals surface area contributed by atoms with E-state index in [1.807, 2.05) is 36.0 Å². The Morgan fingerprint density at radius 3 is 2.53 bits per heavy atom. The first-order valence-corrected chi connectivity index (χ1v) is 15.8. The summed E-state index contributed by atoms with van der Waals surface area (Å²) in [7, 11) is 5.75. The number of carbonyl (C=O) groups excluding carboxylic acids is 3. The highest BCUT2D eigenvalue weighted by molar-refractivity contribution is 5.96. The summed E-state index contributed by atoms with van der Waals surface area (Å²) in [6.45, 7) is 6.05. The van der Waals surface area contributed by atoms with Crippen LogP contribution in [0.3, 0.4) is 0 Å². The van der Waals surface area contributed by atoms with Crippen molar-refractivity contribution in [2.24, 2.45) is 5.92 Å². The van der Waals surface area contributed by atoms with Crippen LogP contribution in [0.15, 0.2) is 18.2 Å². The van der Waals surface area contributed by atoms with Crippen molar-refractivity contribution < 1.29 is 29.0 Å². The summed E-state index contributed by atoms with van der Waals surface area (Å²) in [6.07, 6.45) is 5.11. The van der Waals surface area contributed by atoms with Gasteiger partial charge in [-0.25, -0.2) is 4.79 Å². The number of imide groups is 1. The Morgan fingerprint density at radius 1 is 1.07 bits per heavy atom. The molecule has 0 saturated carbocycles. The van der Waals surface area contributed by atoms with Crippen LogP contribution >= 0.6 is 0 Å². The molecule has 3 aliphatic rings. The number of likely N-dealkylation sites (tertiary alicyclic amines) is 1. The Kier molecular flexibility index (Phi) is 11.4. The van der Waals surface area contributed by atoms with E-state index in [0.29, 0.717) is 32.8 Å². The molecule has 3 aliphatic heterocycles. The second kappa shape index (κ2) is 15.0. The molecular formula is C32H49N5O6. The van der Waals surface area contributed by atoms with Crippen LogP contribution in [0.5, 0.6) is 5.75 Å². The minimum absolute atomic E-state index is 0.000281. The molecule has 0 aromatic heterocycles. The molecule has 0 spiro atoms. The average molecular weight is 600 g/mol. The minimum atomic E-state index is -0.929. The predicted octanol–water partition coefficient (Wildman–Crippen LogP) is 2.73. The van der Waals surface area contributed by atoms with Gasteiger partial charge in [-0.15, -0.1) is 0 Å². The van der Waals surface area contributed by atoms with E-state index in [4.69, 9.17) is 4.74 Å². The van der Waals surface area contributed by atoms with Crippen molar-refractivity contribution in [3.63, 3.8) is 0 Å². The van der Waals surface area contributed by atoms with Gasteiger partial charge in [-0.05, 0) is 63.5 Å². The zero-order chi connectivity index (χ0) is 31.1. The zero-order valence-electron chi connectivity index (χ0n) is 26.3. The minimum Gasteiger partial charge on any atom is -0.493 e. The summed E-state index contributed by atoms with van der Waals surface area (Å²) < 4.78 is 5.68. The van der Waals surface area contributed by atoms with E-state index >= 15 is 0 Å². The number of unbranched alkanes of at least 4 members (excludes halogenated alkanes) is 2. The summed E-state index contributed by atoms with van der Waals surface area (Å²) in [5.41, 5.74) is 2.00. The summed E-state index contributed by atoms with van der Waals surface area (Å²) in [5.74, 6) is -1.45. The van der Waals surface area contributed by atoms with Crippen LogP contribution in [0, 0.1) is 5.92 Å². The lowest BCUT2D eigenvalue weighted by atomic mass is 9.83. The van der Waals surface area contributed by atoms with Crippen LogP contribution in [0.25, 0.3) is 0 Å². The van der Waals surface area contributed by atoms with E-state index in [-0.39, 0.29) is 49.7 Å². The summed E-state index contributed by atoms with van der Waals surface area (Å²) >= 11 is 0. The molecule has 2 saturated heterocycles. The highest BCUT2D eigenvalue weighted by Crippen LogP contribution is 2.41. The molecule has 3 atom stereocenters. The van der Waals surface area contributed by atoms with Crippen LogP contribution < -0.4 is 4.74 Å². The molecule has 0 radical (unpaired) electrons. The SMILES string of the molecule is CCCCN(CCCCN(C)C)C(=O)CN1C[C@H](c2ccc3c(c2)CCO3)[C@@H](C(=O)O)[C@@H]1CCN1C(=O)CCN(C)C1=O. The number of hydrogen-bond acceptors (Lipinski definition) is 7. The molecule has 11 heteroatoms. The molecule has 0 aliphatic carbocycles. The Labute approximate surface area is 255 Å². The fraction of sp³-hybridized carbons (Fsp3) is 0.688. The molecule has 4 rings (SSSR count). The largest absolute Gasteiger partial charge is 0.493 e. The number of hydrogen-bond donors (Lipinski definition) is 1. The summed E-state index contributed by atoms with van der Waals surface area (Å²) in [5, 5.41) is 10.6. The maximum Gasteiger partial charge on any atom is 0.326 e. The second-order valence-electron chi connectivity index (χ2n) is 12.5. The quantitative estimate of drug-likeness (QED) is 0.306. The van der Waals surface area contributed by atoms with Gasteiger partial charge in [-0.1, -0.05) is 25.5 Å². The van der Waals surface area contributed by atoms with E-state index < -0.39 is 17.9 Å². The highest BCUT2D eigenvalue weighted by Gasteiger charge is 2.48. The standard InChI is InChI=1S/C32H49N5O6/c1-5-6-15-35(16-8-7-14-33(2)3)29(39)22-36-21-25(23-9-10-27-24(20-23)13-19-43-27)30(31(40)41)26(36)11-18-37-28(38)12-17-34(4)32(37)42/h9-10,20,25-26,30H,5-8,11-19,21-22H2,1-4H3,(H,40,41)/t25-,26+,30-/m1/s1. The van der Waals surface area contributed by atoms with Gasteiger partial charge in [-0.2, -0.15) is 0 Å². The zero-order valence-corrected chi connectivity index (χ0v) is 26.3. The van der Waals surface area contributed by atoms with Crippen LogP contribution in [-0.2, 0) is 20.8 Å². The van der Waals surface area contributed by atoms with Crippen molar-refractivity contribution in [3.05, 3.63) is 29.3 Å². The van der Waals surface area contributed by atoms with Gasteiger partial charge in [0.1, 0.15) is 5.75 Å². The van der Waals surface area contributed by atoms with Crippen molar-refractivity contribution in [2.45, 2.75) is 63.8 Å². The number of carbonyl (C=O) groups is 4. The maximum atomic E-state index is 13.8. The van der Waals surface area contributed by atoms with Crippen molar-refractivity contribution in [1.82, 2.24) is 24.5 Å². The number of urea groups is 1. The fourth-order valence-corrected chi connectivity index (χ4v) is 6.63. The molecule has 1 N–H and O–H groups in total. The third kappa shape index (κ3) is 8.06. The number of carboxylic acid groups (broad SMARTS) is 1. The number of benzene rings is 1. The van der Waals surface area contributed by atoms with Gasteiger partial charge in [-0.3, -0.25) is 24.2 Å². The number of amides is 4. The van der Waals surface area contributed by atoms with Crippen LogP contribution in [0.2, 0.25) is 0 Å². The fourth-order valence-electron chi connectivity index (χ4n) is 6.63. The van der Waals surface area contributed by atoms with Crippen molar-refractivity contribution in [3.8, 4) is 5.75 Å². The molecule has 43 heavy (non-hydrogen) atoms. The topological polar surface area (TPSA) is 114 Å². The van der Waals surface area contributed by atoms with E-state index in [0.717, 1.165) is 55.5 Å². The lowest BCUT2D eigenvalue weighted by Gasteiger charge is -2.34. The smallest absolute Gasteiger partial charge is 0.326 e. The number of nitrogens with zero attached hydrogens (tertiary/aromatic N) is 5. The number of rotatable bonds is 15. The number of carboxylic acids is 1. The van der Waals surface area contributed by atoms with Gasteiger partial charge in [0, 0.05) is 64.6 Å². The lowest BCUT2D eigenvalue weighted by Crippen LogP contribution is -2.52. The highest BCUT2D eigenvalue weighted by atomic mass is 16.5. The first-order valence-electron chi connectivity index (χ1n) is 15.8. The monoisotopic (exact) mass is 599 g/mol. The van der Waals surface area contributed by atoms with Crippen LogP contribution in [0.1, 0.15) is 62.5 Å². The summed E-state index contributed by atoms with van der Waals surface area (Å²) in [4.78, 5) is 60.9. The third-order valence-corrected chi connectivity index (χ3v) is 9.10. The van der Waals surface area contributed by atoms with Gasteiger partial charge in [0.05, 0.1) is 19.1 Å². The molecule has 4 amide bonds. The lowest BCUT2D eigenvalue weighted by molar-refractivity contribution is -0.144. The molecule has 0 unspecified atom stereocenters. The average Bonchev–Trinajstić information content (AvgIpc) is 3.58. The van der Waals surface area contributed by atoms with Gasteiger partial charge < -0.3 is 24.5 Å². The Hall–Kier alpha value is -3.18. The van der Waals surface area contributed by atoms with E-state index in [2.05, 4.69) is 17.9 Å². The first-order chi connectivity index (χ1) is 20.6. The second-order valence-corrected chi connectivity index (χ2v) is 12.5. The van der Waals surface area contributed by atoms with Gasteiger partial charge in [0.15, 0.2) is 0 Å². The molecule has 1 aromatic carbocycles. The predicted molar refractivity (Wildman–Crippen MR) is 163 cm³/mol. The Bertz CT molecular complexity index is 1160. The van der Waals surface area contributed by atoms with E-state index in [9.17, 15) is 24.3 Å². The molecule has 238 valence electrons. The Balaban J connectivity index is 1.57. The molecular weight excluding hydrogens is 550 g/mol. The molecule has 11 nitrogen and oxygen atoms in total. The summed E-state index contributed by atoms with van der Waals surface area (Å²) in [6, 6.07) is 5.04. The number of ether oxygens (including phenoxy) is 1. The first kappa shape index (κ1) is 32.7. The number of aliphatic carboxylic acids is 1. The van der Waals surface area contributed by atoms with Gasteiger partial charge in [0.2, 0.25) is 11.8 Å². The maximum absolute atomic E-state index is 13.8. The van der Waals surface area contributed by atoms with Crippen molar-refractivity contribution in [1.29, 1.82) is 0 Å². The van der Waals surface area contributed by atoms with Crippen LogP contribution in [0.4, 0.5) is 4.79 Å². The van der Waals surface area contributed by atoms with E-state index in [1.165, 1.54) is 9.80 Å². The number of fused-ring (bicyclic) bond motifs is 1. The van der Waals surface area contributed by atoms with E-state index in [1.54, 1.807) is 7.05 Å². The van der Waals surface area contributed by atoms with Gasteiger partial charge in [0.25, 0.3) is 0 Å². The van der Waals surface area contributed by atoms with Gasteiger partial charge >= 0.3 is 12.0 Å². The van der Waals surface area contributed by atoms with Crippen molar-refractivity contribution in [2.75, 3.05) is 73.6 Å². The van der Waals surface area contributed by atoms with Crippen molar-refractivity contribution >= 4 is 23.8 Å². The third-order valence-electron chi connectivity index (χ3n) is 9.10.